The van der Waals surface area contributed by atoms with Crippen LogP contribution in [0.25, 0.3) is 0 Å². The predicted molar refractivity (Wildman–Crippen MR) is 50.6 cm³/mol. The van der Waals surface area contributed by atoms with E-state index in [1.807, 2.05) is 0 Å². The fourth-order valence-electron chi connectivity index (χ4n) is 0.698. The van der Waals surface area contributed by atoms with Crippen LogP contribution in [-0.4, -0.2) is 31.9 Å². The Balaban J connectivity index is 4.15. The molecule has 0 amide bonds. The lowest BCUT2D eigenvalue weighted by Gasteiger charge is -2.07. The van der Waals surface area contributed by atoms with E-state index in [2.05, 4.69) is 5.32 Å². The number of carbonyl (C=O) groups excluding carboxylic acids is 1. The zero-order valence-corrected chi connectivity index (χ0v) is 7.67. The van der Waals surface area contributed by atoms with Gasteiger partial charge in [-0.3, -0.25) is 0 Å². The molecule has 0 aliphatic heterocycles. The van der Waals surface area contributed by atoms with Crippen molar-refractivity contribution in [3.05, 3.63) is 11.8 Å². The number of carbonyl (C=O) groups is 1. The molecular weight excluding hydrogens is 170 g/mol. The Labute approximate surface area is 77.5 Å². The van der Waals surface area contributed by atoms with Gasteiger partial charge in [-0.2, -0.15) is 0 Å². The molecule has 74 valence electrons. The lowest BCUT2D eigenvalue weighted by molar-refractivity contribution is -0.138. The summed E-state index contributed by atoms with van der Waals surface area (Å²) in [6.07, 6.45) is 2.36. The molecule has 0 fully saturated rings. The molecule has 0 saturated heterocycles. The molecule has 0 aromatic rings. The van der Waals surface area contributed by atoms with Crippen LogP contribution < -0.4 is 11.1 Å². The first-order valence-electron chi connectivity index (χ1n) is 4.08. The van der Waals surface area contributed by atoms with Gasteiger partial charge in [0.25, 0.3) is 0 Å². The van der Waals surface area contributed by atoms with Crippen molar-refractivity contribution in [3.8, 4) is 0 Å². The highest BCUT2D eigenvalue weighted by Crippen LogP contribution is 1.91. The maximum absolute atomic E-state index is 11.1. The summed E-state index contributed by atoms with van der Waals surface area (Å²) < 4.78 is 4.74. The highest BCUT2D eigenvalue weighted by atomic mass is 16.5. The van der Waals surface area contributed by atoms with Gasteiger partial charge in [-0.15, -0.1) is 0 Å². The number of esters is 1. The van der Waals surface area contributed by atoms with Crippen molar-refractivity contribution in [3.63, 3.8) is 0 Å². The first kappa shape index (κ1) is 11.6. The summed E-state index contributed by atoms with van der Waals surface area (Å²) in [6, 6.07) is 0. The maximum Gasteiger partial charge on any atom is 0.354 e. The molecule has 5 nitrogen and oxygen atoms in total. The van der Waals surface area contributed by atoms with Crippen molar-refractivity contribution in [2.24, 2.45) is 5.73 Å². The Hall–Kier alpha value is -1.36. The summed E-state index contributed by atoms with van der Waals surface area (Å²) in [6.45, 7) is 2.95. The van der Waals surface area contributed by atoms with Crippen LogP contribution in [0.3, 0.4) is 0 Å². The van der Waals surface area contributed by atoms with Gasteiger partial charge < -0.3 is 21.2 Å². The molecule has 0 saturated carbocycles. The molecule has 0 radical (unpaired) electrons. The van der Waals surface area contributed by atoms with Crippen LogP contribution in [0.1, 0.15) is 6.92 Å². The van der Waals surface area contributed by atoms with E-state index >= 15 is 0 Å². The van der Waals surface area contributed by atoms with Crippen LogP contribution >= 0.6 is 0 Å². The third kappa shape index (κ3) is 4.97. The Kier molecular flexibility index (Phi) is 6.53. The van der Waals surface area contributed by atoms with E-state index < -0.39 is 5.97 Å². The quantitative estimate of drug-likeness (QED) is 0.299. The average Bonchev–Trinajstić information content (AvgIpc) is 2.12. The van der Waals surface area contributed by atoms with Gasteiger partial charge in [-0.1, -0.05) is 0 Å². The fraction of sp³-hybridized carbons (Fsp3) is 0.500. The van der Waals surface area contributed by atoms with Crippen molar-refractivity contribution >= 4 is 12.2 Å². The smallest absolute Gasteiger partial charge is 0.354 e. The number of allylic oxidation sites excluding steroid dienone is 1. The van der Waals surface area contributed by atoms with Gasteiger partial charge in [0.15, 0.2) is 0 Å². The SMILES string of the molecule is CCOC(=O)/C(=C/C=N)NCCN. The van der Waals surface area contributed by atoms with E-state index in [1.54, 1.807) is 6.92 Å². The average molecular weight is 185 g/mol. The van der Waals surface area contributed by atoms with E-state index in [0.29, 0.717) is 19.7 Å². The molecule has 0 rings (SSSR count). The second-order valence-electron chi connectivity index (χ2n) is 2.18. The molecule has 0 unspecified atom stereocenters. The van der Waals surface area contributed by atoms with Crippen molar-refractivity contribution in [2.75, 3.05) is 19.7 Å². The predicted octanol–water partition coefficient (Wildman–Crippen LogP) is -0.369. The second-order valence-corrected chi connectivity index (χ2v) is 2.18. The Morgan fingerprint density at radius 2 is 2.38 bits per heavy atom. The molecule has 0 aliphatic rings. The molecule has 0 atom stereocenters. The number of ether oxygens (including phenoxy) is 1. The van der Waals surface area contributed by atoms with Gasteiger partial charge in [0.2, 0.25) is 0 Å². The van der Waals surface area contributed by atoms with E-state index in [4.69, 9.17) is 15.9 Å². The summed E-state index contributed by atoms with van der Waals surface area (Å²) in [7, 11) is 0. The lowest BCUT2D eigenvalue weighted by atomic mass is 10.4. The van der Waals surface area contributed by atoms with E-state index in [-0.39, 0.29) is 5.70 Å². The summed E-state index contributed by atoms with van der Waals surface area (Å²) in [5, 5.41) is 9.58. The van der Waals surface area contributed by atoms with E-state index in [1.165, 1.54) is 6.08 Å². The van der Waals surface area contributed by atoms with Gasteiger partial charge in [-0.25, -0.2) is 4.79 Å². The molecule has 0 aromatic carbocycles. The highest BCUT2D eigenvalue weighted by Gasteiger charge is 2.07. The third-order valence-corrected chi connectivity index (χ3v) is 1.21. The van der Waals surface area contributed by atoms with Crippen molar-refractivity contribution in [1.82, 2.24) is 5.32 Å². The van der Waals surface area contributed by atoms with Crippen molar-refractivity contribution < 1.29 is 9.53 Å². The van der Waals surface area contributed by atoms with Crippen LogP contribution in [0, 0.1) is 5.41 Å². The minimum absolute atomic E-state index is 0.266. The minimum atomic E-state index is -0.459. The second kappa shape index (κ2) is 7.30. The number of rotatable bonds is 6. The molecule has 0 spiro atoms. The summed E-state index contributed by atoms with van der Waals surface area (Å²) >= 11 is 0. The zero-order valence-electron chi connectivity index (χ0n) is 7.67. The summed E-state index contributed by atoms with van der Waals surface area (Å²) in [5.41, 5.74) is 5.51. The number of nitrogens with two attached hydrogens (primary N) is 1. The molecule has 13 heavy (non-hydrogen) atoms. The van der Waals surface area contributed by atoms with E-state index in [0.717, 1.165) is 6.21 Å². The number of hydrogen-bond acceptors (Lipinski definition) is 5. The molecular formula is C8H15N3O2. The first-order valence-corrected chi connectivity index (χ1v) is 4.08. The minimum Gasteiger partial charge on any atom is -0.461 e. The van der Waals surface area contributed by atoms with Crippen molar-refractivity contribution in [1.29, 1.82) is 5.41 Å². The van der Waals surface area contributed by atoms with Crippen LogP contribution in [0.2, 0.25) is 0 Å². The monoisotopic (exact) mass is 185 g/mol. The maximum atomic E-state index is 11.1. The molecule has 4 N–H and O–H groups in total. The number of hydrogen-bond donors (Lipinski definition) is 3. The Bertz CT molecular complexity index is 202. The highest BCUT2D eigenvalue weighted by molar-refractivity contribution is 5.92. The topological polar surface area (TPSA) is 88.2 Å². The van der Waals surface area contributed by atoms with Crippen molar-refractivity contribution in [2.45, 2.75) is 6.92 Å². The van der Waals surface area contributed by atoms with Gasteiger partial charge in [0.1, 0.15) is 5.70 Å². The normalized spacial score (nSPS) is 10.8. The first-order chi connectivity index (χ1) is 6.26. The van der Waals surface area contributed by atoms with Gasteiger partial charge in [0.05, 0.1) is 6.61 Å². The standard InChI is InChI=1S/C8H15N3O2/c1-2-13-8(12)7(3-4-9)11-6-5-10/h3-4,9,11H,2,5-6,10H2,1H3/b7-3-,9-4?. The van der Waals surface area contributed by atoms with Crippen LogP contribution in [0.4, 0.5) is 0 Å². The van der Waals surface area contributed by atoms with Crippen LogP contribution in [-0.2, 0) is 9.53 Å². The van der Waals surface area contributed by atoms with Gasteiger partial charge in [0, 0.05) is 19.3 Å². The van der Waals surface area contributed by atoms with Gasteiger partial charge in [-0.05, 0) is 13.0 Å². The molecule has 0 aliphatic carbocycles. The summed E-state index contributed by atoms with van der Waals surface area (Å²) in [5.74, 6) is -0.459. The zero-order chi connectivity index (χ0) is 10.1. The van der Waals surface area contributed by atoms with Crippen LogP contribution in [0.5, 0.6) is 0 Å². The Morgan fingerprint density at radius 3 is 2.85 bits per heavy atom. The molecule has 5 heteroatoms. The third-order valence-electron chi connectivity index (χ3n) is 1.21. The largest absolute Gasteiger partial charge is 0.461 e. The molecule has 0 heterocycles. The molecule has 0 bridgehead atoms. The fourth-order valence-corrected chi connectivity index (χ4v) is 0.698. The van der Waals surface area contributed by atoms with Crippen LogP contribution in [0.15, 0.2) is 11.8 Å². The van der Waals surface area contributed by atoms with Gasteiger partial charge >= 0.3 is 5.97 Å². The summed E-state index contributed by atoms with van der Waals surface area (Å²) in [4.78, 5) is 11.1. The Morgan fingerprint density at radius 1 is 1.69 bits per heavy atom. The lowest BCUT2D eigenvalue weighted by Crippen LogP contribution is -2.27. The molecule has 0 aromatic heterocycles. The number of nitrogens with one attached hydrogen (secondary N) is 2. The van der Waals surface area contributed by atoms with E-state index in [9.17, 15) is 4.79 Å².